The summed E-state index contributed by atoms with van der Waals surface area (Å²) in [6.07, 6.45) is 1.58. The van der Waals surface area contributed by atoms with Crippen LogP contribution in [0.2, 0.25) is 0 Å². The Bertz CT molecular complexity index is 618. The molecule has 8 heteroatoms. The summed E-state index contributed by atoms with van der Waals surface area (Å²) in [5.41, 5.74) is 5.63. The van der Waals surface area contributed by atoms with Crippen molar-refractivity contribution in [2.24, 2.45) is 0 Å². The van der Waals surface area contributed by atoms with E-state index in [2.05, 4.69) is 21.5 Å². The Morgan fingerprint density at radius 3 is 2.52 bits per heavy atom. The number of nitrogens with one attached hydrogen (secondary N) is 4. The Labute approximate surface area is 131 Å². The van der Waals surface area contributed by atoms with E-state index in [1.54, 1.807) is 30.5 Å². The number of hydrogen-bond donors (Lipinski definition) is 4. The first kappa shape index (κ1) is 15.2. The molecule has 0 bridgehead atoms. The number of furan rings is 1. The average molecular weight is 324 g/mol. The maximum atomic E-state index is 13.4. The van der Waals surface area contributed by atoms with E-state index in [1.807, 2.05) is 6.07 Å². The maximum absolute atomic E-state index is 13.4. The second kappa shape index (κ2) is 7.55. The zero-order valence-electron chi connectivity index (χ0n) is 10.9. The summed E-state index contributed by atoms with van der Waals surface area (Å²) in [5.74, 6) is 0.367. The van der Waals surface area contributed by atoms with Gasteiger partial charge in [-0.2, -0.15) is 0 Å². The SMILES string of the molecule is Fc1ccccc1NC(=S)NNC(=S)NCc1ccco1. The highest BCUT2D eigenvalue weighted by Crippen LogP contribution is 2.11. The molecule has 0 spiro atoms. The number of benzene rings is 1. The topological polar surface area (TPSA) is 61.3 Å². The van der Waals surface area contributed by atoms with E-state index in [0.29, 0.717) is 11.7 Å². The van der Waals surface area contributed by atoms with Crippen molar-refractivity contribution in [2.45, 2.75) is 6.54 Å². The van der Waals surface area contributed by atoms with Gasteiger partial charge < -0.3 is 15.1 Å². The summed E-state index contributed by atoms with van der Waals surface area (Å²) in [4.78, 5) is 0. The molecule has 0 amide bonds. The van der Waals surface area contributed by atoms with Gasteiger partial charge in [-0.05, 0) is 48.7 Å². The number of hydrogen-bond acceptors (Lipinski definition) is 3. The molecule has 4 N–H and O–H groups in total. The Balaban J connectivity index is 1.71. The molecule has 0 unspecified atom stereocenters. The smallest absolute Gasteiger partial charge is 0.189 e. The largest absolute Gasteiger partial charge is 0.467 e. The van der Waals surface area contributed by atoms with Crippen LogP contribution in [0.3, 0.4) is 0 Å². The van der Waals surface area contributed by atoms with E-state index in [4.69, 9.17) is 28.9 Å². The first-order chi connectivity index (χ1) is 10.1. The minimum absolute atomic E-state index is 0.197. The number of thiocarbonyl (C=S) groups is 2. The second-order valence-corrected chi connectivity index (χ2v) is 4.76. The van der Waals surface area contributed by atoms with Crippen molar-refractivity contribution in [3.05, 3.63) is 54.2 Å². The summed E-state index contributed by atoms with van der Waals surface area (Å²) in [6.45, 7) is 0.452. The first-order valence-electron chi connectivity index (χ1n) is 6.03. The van der Waals surface area contributed by atoms with Crippen LogP contribution in [0.4, 0.5) is 10.1 Å². The summed E-state index contributed by atoms with van der Waals surface area (Å²) in [7, 11) is 0. The fourth-order valence-corrected chi connectivity index (χ4v) is 1.74. The molecule has 0 atom stereocenters. The second-order valence-electron chi connectivity index (χ2n) is 3.95. The number of halogens is 1. The van der Waals surface area contributed by atoms with Crippen LogP contribution in [0, 0.1) is 5.82 Å². The number of anilines is 1. The highest BCUT2D eigenvalue weighted by molar-refractivity contribution is 7.80. The van der Waals surface area contributed by atoms with Gasteiger partial charge in [0.2, 0.25) is 0 Å². The van der Waals surface area contributed by atoms with Crippen LogP contribution in [0.25, 0.3) is 0 Å². The van der Waals surface area contributed by atoms with Gasteiger partial charge in [-0.15, -0.1) is 0 Å². The minimum atomic E-state index is -0.389. The molecular formula is C13H13FN4OS2. The van der Waals surface area contributed by atoms with Crippen molar-refractivity contribution in [3.63, 3.8) is 0 Å². The molecule has 0 saturated heterocycles. The van der Waals surface area contributed by atoms with E-state index in [0.717, 1.165) is 5.76 Å². The molecule has 0 aliphatic heterocycles. The molecule has 0 saturated carbocycles. The van der Waals surface area contributed by atoms with Crippen molar-refractivity contribution >= 4 is 40.3 Å². The van der Waals surface area contributed by atoms with Crippen molar-refractivity contribution in [3.8, 4) is 0 Å². The van der Waals surface area contributed by atoms with Crippen LogP contribution in [-0.4, -0.2) is 10.2 Å². The van der Waals surface area contributed by atoms with E-state index in [1.165, 1.54) is 6.07 Å². The monoisotopic (exact) mass is 324 g/mol. The maximum Gasteiger partial charge on any atom is 0.189 e. The summed E-state index contributed by atoms with van der Waals surface area (Å²) in [6, 6.07) is 9.84. The van der Waals surface area contributed by atoms with Gasteiger partial charge in [-0.25, -0.2) is 4.39 Å². The van der Waals surface area contributed by atoms with Gasteiger partial charge in [-0.1, -0.05) is 12.1 Å². The lowest BCUT2D eigenvalue weighted by atomic mass is 10.3. The molecule has 0 aliphatic rings. The van der Waals surface area contributed by atoms with E-state index in [9.17, 15) is 4.39 Å². The fourth-order valence-electron chi connectivity index (χ4n) is 1.45. The number of hydrazine groups is 1. The Morgan fingerprint density at radius 1 is 1.05 bits per heavy atom. The Kier molecular flexibility index (Phi) is 5.47. The van der Waals surface area contributed by atoms with Crippen molar-refractivity contribution in [2.75, 3.05) is 5.32 Å². The average Bonchev–Trinajstić information content (AvgIpc) is 2.99. The van der Waals surface area contributed by atoms with Crippen molar-refractivity contribution in [1.29, 1.82) is 0 Å². The van der Waals surface area contributed by atoms with E-state index < -0.39 is 0 Å². The van der Waals surface area contributed by atoms with Gasteiger partial charge in [0.1, 0.15) is 11.6 Å². The highest BCUT2D eigenvalue weighted by Gasteiger charge is 2.03. The lowest BCUT2D eigenvalue weighted by Crippen LogP contribution is -2.48. The predicted octanol–water partition coefficient (Wildman–Crippen LogP) is 2.28. The van der Waals surface area contributed by atoms with Gasteiger partial charge in [0.05, 0.1) is 18.5 Å². The molecule has 2 rings (SSSR count). The van der Waals surface area contributed by atoms with E-state index >= 15 is 0 Å². The third-order valence-electron chi connectivity index (χ3n) is 2.41. The molecule has 1 heterocycles. The van der Waals surface area contributed by atoms with Crippen LogP contribution < -0.4 is 21.5 Å². The van der Waals surface area contributed by atoms with Gasteiger partial charge in [0.25, 0.3) is 0 Å². The van der Waals surface area contributed by atoms with Crippen LogP contribution >= 0.6 is 24.4 Å². The molecule has 1 aromatic heterocycles. The standard InChI is InChI=1S/C13H13FN4OS2/c14-10-5-1-2-6-11(10)16-13(21)18-17-12(20)15-8-9-4-3-7-19-9/h1-7H,8H2,(H2,15,17,20)(H2,16,18,21). The molecule has 0 radical (unpaired) electrons. The molecule has 21 heavy (non-hydrogen) atoms. The van der Waals surface area contributed by atoms with Crippen molar-refractivity contribution < 1.29 is 8.81 Å². The molecule has 2 aromatic rings. The van der Waals surface area contributed by atoms with Crippen LogP contribution in [0.5, 0.6) is 0 Å². The van der Waals surface area contributed by atoms with Gasteiger partial charge in [0, 0.05) is 0 Å². The zero-order valence-corrected chi connectivity index (χ0v) is 12.5. The normalized spacial score (nSPS) is 9.76. The fraction of sp³-hybridized carbons (Fsp3) is 0.0769. The minimum Gasteiger partial charge on any atom is -0.467 e. The summed E-state index contributed by atoms with van der Waals surface area (Å²) >= 11 is 10.1. The molecule has 0 fully saturated rings. The first-order valence-corrected chi connectivity index (χ1v) is 6.84. The Morgan fingerprint density at radius 2 is 1.81 bits per heavy atom. The summed E-state index contributed by atoms with van der Waals surface area (Å²) in [5, 5.41) is 6.16. The molecular weight excluding hydrogens is 311 g/mol. The molecule has 5 nitrogen and oxygen atoms in total. The lowest BCUT2D eigenvalue weighted by molar-refractivity contribution is 0.502. The zero-order chi connectivity index (χ0) is 15.1. The predicted molar refractivity (Wildman–Crippen MR) is 87.0 cm³/mol. The van der Waals surface area contributed by atoms with Crippen molar-refractivity contribution in [1.82, 2.24) is 16.2 Å². The third-order valence-corrected chi connectivity index (χ3v) is 2.87. The molecule has 110 valence electrons. The molecule has 1 aromatic carbocycles. The lowest BCUT2D eigenvalue weighted by Gasteiger charge is -2.14. The van der Waals surface area contributed by atoms with Gasteiger partial charge >= 0.3 is 0 Å². The molecule has 0 aliphatic carbocycles. The van der Waals surface area contributed by atoms with Gasteiger partial charge in [0.15, 0.2) is 10.2 Å². The van der Waals surface area contributed by atoms with E-state index in [-0.39, 0.29) is 16.6 Å². The highest BCUT2D eigenvalue weighted by atomic mass is 32.1. The van der Waals surface area contributed by atoms with Crippen LogP contribution in [-0.2, 0) is 6.54 Å². The number of rotatable bonds is 3. The quantitative estimate of drug-likeness (QED) is 0.510. The third kappa shape index (κ3) is 5.01. The Hall–Kier alpha value is -2.19. The van der Waals surface area contributed by atoms with Crippen LogP contribution in [0.15, 0.2) is 47.1 Å². The van der Waals surface area contributed by atoms with Crippen LogP contribution in [0.1, 0.15) is 5.76 Å². The van der Waals surface area contributed by atoms with Gasteiger partial charge in [-0.3, -0.25) is 10.9 Å². The number of para-hydroxylation sites is 1. The summed E-state index contributed by atoms with van der Waals surface area (Å²) < 4.78 is 18.6.